The summed E-state index contributed by atoms with van der Waals surface area (Å²) in [6.07, 6.45) is 1.73. The number of aliphatic hydroxyl groups is 1. The minimum Gasteiger partial charge on any atom is -0.493 e. The lowest BCUT2D eigenvalue weighted by Gasteiger charge is -2.30. The van der Waals surface area contributed by atoms with Crippen LogP contribution in [0.2, 0.25) is 0 Å². The minimum atomic E-state index is -0.701. The number of fused-ring (bicyclic) bond motifs is 1. The summed E-state index contributed by atoms with van der Waals surface area (Å²) in [5.74, 6) is 0.779. The van der Waals surface area contributed by atoms with Crippen LogP contribution >= 0.6 is 0 Å². The predicted octanol–water partition coefficient (Wildman–Crippen LogP) is 3.80. The van der Waals surface area contributed by atoms with Crippen molar-refractivity contribution in [3.8, 4) is 5.75 Å². The Hall–Kier alpha value is -2.37. The molecule has 0 saturated carbocycles. The highest BCUT2D eigenvalue weighted by Gasteiger charge is 2.26. The summed E-state index contributed by atoms with van der Waals surface area (Å²) in [5, 5.41) is 17.3. The highest BCUT2D eigenvalue weighted by atomic mass is 16.5. The fraction of sp³-hybridized carbons (Fsp3) is 0.500. The van der Waals surface area contributed by atoms with Crippen LogP contribution in [0.4, 0.5) is 0 Å². The van der Waals surface area contributed by atoms with Crippen LogP contribution in [-0.4, -0.2) is 36.3 Å². The number of ether oxygens (including phenoxy) is 1. The van der Waals surface area contributed by atoms with E-state index in [9.17, 15) is 9.90 Å². The number of amides is 1. The molecular weight excluding hydrogens is 388 g/mol. The molecule has 0 saturated heterocycles. The summed E-state index contributed by atoms with van der Waals surface area (Å²) in [5.41, 5.74) is 3.75. The molecule has 3 atom stereocenters. The fourth-order valence-corrected chi connectivity index (χ4v) is 4.20. The molecule has 2 aromatic rings. The standard InChI is InChI=1S/C26H36N2O3/c1-18(29)28-23(15-19-8-6-5-7-9-19)24(30)17-27-22-12-13-31-25-11-10-20(14-21(22)25)16-26(2,3)4/h5-11,14,22-24,27,30H,12-13,15-17H2,1-4H3,(H,28,29)/t22-,23-,24+/m0/s1. The van der Waals surface area contributed by atoms with E-state index < -0.39 is 6.10 Å². The molecule has 0 unspecified atom stereocenters. The third-order valence-electron chi connectivity index (χ3n) is 5.57. The molecule has 0 fully saturated rings. The molecule has 3 N–H and O–H groups in total. The average molecular weight is 425 g/mol. The van der Waals surface area contributed by atoms with Crippen molar-refractivity contribution in [3.05, 3.63) is 65.2 Å². The smallest absolute Gasteiger partial charge is 0.217 e. The van der Waals surface area contributed by atoms with E-state index in [4.69, 9.17) is 4.74 Å². The van der Waals surface area contributed by atoms with Crippen molar-refractivity contribution < 1.29 is 14.6 Å². The topological polar surface area (TPSA) is 70.6 Å². The van der Waals surface area contributed by atoms with Crippen LogP contribution in [0.5, 0.6) is 5.75 Å². The van der Waals surface area contributed by atoms with E-state index in [0.717, 1.165) is 29.7 Å². The van der Waals surface area contributed by atoms with Crippen LogP contribution in [-0.2, 0) is 17.6 Å². The van der Waals surface area contributed by atoms with Gasteiger partial charge >= 0.3 is 0 Å². The Balaban J connectivity index is 1.68. The SMILES string of the molecule is CC(=O)N[C@@H](Cc1ccccc1)[C@H](O)CN[C@H]1CCOc2ccc(CC(C)(C)C)cc21. The second kappa shape index (κ2) is 10.3. The molecule has 0 radical (unpaired) electrons. The first-order valence-corrected chi connectivity index (χ1v) is 11.2. The Morgan fingerprint density at radius 2 is 1.90 bits per heavy atom. The molecule has 1 amide bonds. The van der Waals surface area contributed by atoms with Gasteiger partial charge in [0.2, 0.25) is 5.91 Å². The van der Waals surface area contributed by atoms with Gasteiger partial charge in [0.05, 0.1) is 18.8 Å². The second-order valence-electron chi connectivity index (χ2n) is 9.77. The van der Waals surface area contributed by atoms with E-state index in [2.05, 4.69) is 49.6 Å². The van der Waals surface area contributed by atoms with Crippen LogP contribution < -0.4 is 15.4 Å². The quantitative estimate of drug-likeness (QED) is 0.603. The molecule has 0 spiro atoms. The zero-order valence-corrected chi connectivity index (χ0v) is 19.2. The van der Waals surface area contributed by atoms with E-state index in [0.29, 0.717) is 19.6 Å². The van der Waals surface area contributed by atoms with Gasteiger partial charge in [0.15, 0.2) is 0 Å². The van der Waals surface area contributed by atoms with E-state index >= 15 is 0 Å². The number of aliphatic hydroxyl groups excluding tert-OH is 1. The third-order valence-corrected chi connectivity index (χ3v) is 5.57. The zero-order chi connectivity index (χ0) is 22.4. The Morgan fingerprint density at radius 1 is 1.16 bits per heavy atom. The first-order valence-electron chi connectivity index (χ1n) is 11.2. The molecular formula is C26H36N2O3. The summed E-state index contributed by atoms with van der Waals surface area (Å²) in [4.78, 5) is 11.7. The monoisotopic (exact) mass is 424 g/mol. The summed E-state index contributed by atoms with van der Waals surface area (Å²) in [6.45, 7) is 9.26. The van der Waals surface area contributed by atoms with Crippen molar-refractivity contribution in [2.45, 2.75) is 65.1 Å². The van der Waals surface area contributed by atoms with Crippen molar-refractivity contribution in [2.75, 3.05) is 13.2 Å². The van der Waals surface area contributed by atoms with Gasteiger partial charge in [-0.05, 0) is 35.4 Å². The summed E-state index contributed by atoms with van der Waals surface area (Å²) >= 11 is 0. The van der Waals surface area contributed by atoms with Gasteiger partial charge in [-0.2, -0.15) is 0 Å². The van der Waals surface area contributed by atoms with Gasteiger partial charge in [0, 0.05) is 31.5 Å². The van der Waals surface area contributed by atoms with E-state index in [1.807, 2.05) is 30.3 Å². The van der Waals surface area contributed by atoms with Crippen molar-refractivity contribution >= 4 is 5.91 Å². The number of nitrogens with one attached hydrogen (secondary N) is 2. The lowest BCUT2D eigenvalue weighted by Crippen LogP contribution is -2.48. The lowest BCUT2D eigenvalue weighted by molar-refractivity contribution is -0.120. The number of rotatable bonds is 8. The number of hydrogen-bond donors (Lipinski definition) is 3. The van der Waals surface area contributed by atoms with E-state index in [1.165, 1.54) is 12.5 Å². The van der Waals surface area contributed by atoms with Gasteiger partial charge in [-0.3, -0.25) is 4.79 Å². The van der Waals surface area contributed by atoms with Crippen molar-refractivity contribution in [3.63, 3.8) is 0 Å². The van der Waals surface area contributed by atoms with E-state index in [1.54, 1.807) is 0 Å². The van der Waals surface area contributed by atoms with Gasteiger partial charge in [0.25, 0.3) is 0 Å². The van der Waals surface area contributed by atoms with Gasteiger partial charge in [-0.25, -0.2) is 0 Å². The van der Waals surface area contributed by atoms with E-state index in [-0.39, 0.29) is 23.4 Å². The number of benzene rings is 2. The first-order chi connectivity index (χ1) is 14.7. The largest absolute Gasteiger partial charge is 0.493 e. The fourth-order valence-electron chi connectivity index (χ4n) is 4.20. The van der Waals surface area contributed by atoms with Gasteiger partial charge in [-0.1, -0.05) is 63.2 Å². The normalized spacial score (nSPS) is 17.9. The number of carbonyl (C=O) groups excluding carboxylic acids is 1. The molecule has 2 aromatic carbocycles. The minimum absolute atomic E-state index is 0.119. The Bertz CT molecular complexity index is 861. The van der Waals surface area contributed by atoms with Crippen LogP contribution in [0.15, 0.2) is 48.5 Å². The first kappa shape index (κ1) is 23.3. The molecule has 1 heterocycles. The van der Waals surface area contributed by atoms with Crippen molar-refractivity contribution in [1.29, 1.82) is 0 Å². The maximum absolute atomic E-state index is 11.7. The number of hydrogen-bond acceptors (Lipinski definition) is 4. The molecule has 0 bridgehead atoms. The zero-order valence-electron chi connectivity index (χ0n) is 19.2. The molecule has 0 aliphatic carbocycles. The Kier molecular flexibility index (Phi) is 7.74. The summed E-state index contributed by atoms with van der Waals surface area (Å²) in [7, 11) is 0. The van der Waals surface area contributed by atoms with Crippen molar-refractivity contribution in [1.82, 2.24) is 10.6 Å². The molecule has 31 heavy (non-hydrogen) atoms. The number of carbonyl (C=O) groups is 1. The maximum Gasteiger partial charge on any atom is 0.217 e. The second-order valence-corrected chi connectivity index (χ2v) is 9.77. The Labute approximate surface area is 186 Å². The highest BCUT2D eigenvalue weighted by Crippen LogP contribution is 2.34. The predicted molar refractivity (Wildman–Crippen MR) is 124 cm³/mol. The summed E-state index contributed by atoms with van der Waals surface area (Å²) < 4.78 is 5.87. The highest BCUT2D eigenvalue weighted by molar-refractivity contribution is 5.73. The summed E-state index contributed by atoms with van der Waals surface area (Å²) in [6, 6.07) is 16.2. The average Bonchev–Trinajstić information content (AvgIpc) is 2.71. The van der Waals surface area contributed by atoms with Crippen LogP contribution in [0.25, 0.3) is 0 Å². The Morgan fingerprint density at radius 3 is 2.58 bits per heavy atom. The molecule has 168 valence electrons. The third kappa shape index (κ3) is 7.08. The van der Waals surface area contributed by atoms with Gasteiger partial charge in [-0.15, -0.1) is 0 Å². The van der Waals surface area contributed by atoms with Gasteiger partial charge in [0.1, 0.15) is 5.75 Å². The maximum atomic E-state index is 11.7. The molecule has 1 aliphatic heterocycles. The molecule has 1 aliphatic rings. The molecule has 5 nitrogen and oxygen atoms in total. The van der Waals surface area contributed by atoms with Crippen LogP contribution in [0, 0.1) is 5.41 Å². The van der Waals surface area contributed by atoms with Crippen LogP contribution in [0.1, 0.15) is 56.8 Å². The molecule has 0 aromatic heterocycles. The van der Waals surface area contributed by atoms with Crippen LogP contribution in [0.3, 0.4) is 0 Å². The van der Waals surface area contributed by atoms with Crippen molar-refractivity contribution in [2.24, 2.45) is 5.41 Å². The lowest BCUT2D eigenvalue weighted by atomic mass is 9.86. The molecule has 3 rings (SSSR count). The molecule has 5 heteroatoms. The van der Waals surface area contributed by atoms with Gasteiger partial charge < -0.3 is 20.5 Å².